The van der Waals surface area contributed by atoms with E-state index in [0.717, 1.165) is 44.9 Å². The van der Waals surface area contributed by atoms with E-state index in [1.807, 2.05) is 0 Å². The van der Waals surface area contributed by atoms with Crippen molar-refractivity contribution in [3.8, 4) is 0 Å². The van der Waals surface area contributed by atoms with Gasteiger partial charge >= 0.3 is 5.97 Å². The first-order chi connectivity index (χ1) is 11.2. The van der Waals surface area contributed by atoms with Crippen molar-refractivity contribution in [2.24, 2.45) is 0 Å². The van der Waals surface area contributed by atoms with E-state index in [1.54, 1.807) is 0 Å². The molecule has 6 atom stereocenters. The predicted octanol–water partition coefficient (Wildman–Crippen LogP) is 3.29. The van der Waals surface area contributed by atoms with Gasteiger partial charge in [-0.2, -0.15) is 0 Å². The van der Waals surface area contributed by atoms with Gasteiger partial charge in [-0.15, -0.1) is 0 Å². The highest BCUT2D eigenvalue weighted by atomic mass is 16.6. The summed E-state index contributed by atoms with van der Waals surface area (Å²) >= 11 is 0. The van der Waals surface area contributed by atoms with Gasteiger partial charge in [0.15, 0.2) is 0 Å². The summed E-state index contributed by atoms with van der Waals surface area (Å²) < 4.78 is 17.1. The van der Waals surface area contributed by atoms with Gasteiger partial charge < -0.3 is 19.3 Å². The second kappa shape index (κ2) is 7.95. The molecule has 132 valence electrons. The zero-order valence-electron chi connectivity index (χ0n) is 14.1. The first kappa shape index (κ1) is 17.2. The lowest BCUT2D eigenvalue weighted by molar-refractivity contribution is -0.137. The predicted molar refractivity (Wildman–Crippen MR) is 85.5 cm³/mol. The fourth-order valence-electron chi connectivity index (χ4n) is 3.59. The Kier molecular flexibility index (Phi) is 5.94. The zero-order valence-corrected chi connectivity index (χ0v) is 14.1. The summed E-state index contributed by atoms with van der Waals surface area (Å²) in [6, 6.07) is 0. The van der Waals surface area contributed by atoms with Crippen LogP contribution in [-0.2, 0) is 19.0 Å². The molecule has 3 aliphatic heterocycles. The summed E-state index contributed by atoms with van der Waals surface area (Å²) in [5.41, 5.74) is 0. The lowest BCUT2D eigenvalue weighted by Gasteiger charge is -1.99. The molecule has 0 amide bonds. The normalized spacial score (nSPS) is 37.6. The highest BCUT2D eigenvalue weighted by molar-refractivity contribution is 5.66. The maximum absolute atomic E-state index is 10.4. The molecule has 3 saturated heterocycles. The Balaban J connectivity index is 1.13. The van der Waals surface area contributed by atoms with Crippen molar-refractivity contribution in [1.29, 1.82) is 0 Å². The minimum atomic E-state index is -0.682. The van der Waals surface area contributed by atoms with Crippen molar-refractivity contribution in [2.45, 2.75) is 108 Å². The standard InChI is InChI=1S/C18H30O5/c1-2-12-14(21-12)10-16-17(23-16)11-15-13(22-15)8-6-4-3-5-7-9-18(19)20/h12-17H,2-11H2,1H3,(H,19,20). The van der Waals surface area contributed by atoms with Gasteiger partial charge in [-0.05, 0) is 19.3 Å². The SMILES string of the molecule is CCC1OC1CC1OC1CC1OC1CCCCCCCC(=O)O. The third-order valence-corrected chi connectivity index (χ3v) is 5.27. The third-order valence-electron chi connectivity index (χ3n) is 5.27. The molecular weight excluding hydrogens is 296 g/mol. The van der Waals surface area contributed by atoms with Crippen LogP contribution in [0.1, 0.15) is 71.1 Å². The van der Waals surface area contributed by atoms with E-state index in [9.17, 15) is 4.79 Å². The molecule has 0 aromatic rings. The van der Waals surface area contributed by atoms with Gasteiger partial charge in [-0.3, -0.25) is 4.79 Å². The molecule has 0 spiro atoms. The highest BCUT2D eigenvalue weighted by Crippen LogP contribution is 2.41. The summed E-state index contributed by atoms with van der Waals surface area (Å²) in [5.74, 6) is -0.682. The van der Waals surface area contributed by atoms with Crippen LogP contribution in [0.4, 0.5) is 0 Å². The van der Waals surface area contributed by atoms with E-state index in [0.29, 0.717) is 43.0 Å². The second-order valence-electron chi connectivity index (χ2n) is 7.22. The molecule has 0 aliphatic carbocycles. The molecule has 0 saturated carbocycles. The van der Waals surface area contributed by atoms with E-state index in [1.165, 1.54) is 12.8 Å². The van der Waals surface area contributed by atoms with Gasteiger partial charge in [0.2, 0.25) is 0 Å². The average Bonchev–Trinajstić information content (AvgIpc) is 3.40. The molecule has 0 aromatic heterocycles. The molecule has 3 aliphatic rings. The van der Waals surface area contributed by atoms with Crippen LogP contribution in [-0.4, -0.2) is 47.7 Å². The van der Waals surface area contributed by atoms with Crippen LogP contribution in [0.5, 0.6) is 0 Å². The van der Waals surface area contributed by atoms with Crippen LogP contribution in [0.25, 0.3) is 0 Å². The number of hydrogen-bond acceptors (Lipinski definition) is 4. The Labute approximate surface area is 138 Å². The Hall–Kier alpha value is -0.650. The molecule has 5 heteroatoms. The van der Waals surface area contributed by atoms with Crippen LogP contribution >= 0.6 is 0 Å². The van der Waals surface area contributed by atoms with Crippen molar-refractivity contribution >= 4 is 5.97 Å². The van der Waals surface area contributed by atoms with Gasteiger partial charge in [0.1, 0.15) is 0 Å². The third kappa shape index (κ3) is 5.73. The lowest BCUT2D eigenvalue weighted by Crippen LogP contribution is -2.05. The number of aliphatic carboxylic acids is 1. The van der Waals surface area contributed by atoms with E-state index in [4.69, 9.17) is 19.3 Å². The van der Waals surface area contributed by atoms with Crippen molar-refractivity contribution in [1.82, 2.24) is 0 Å². The first-order valence-corrected chi connectivity index (χ1v) is 9.35. The number of hydrogen-bond donors (Lipinski definition) is 1. The van der Waals surface area contributed by atoms with Crippen LogP contribution in [0.3, 0.4) is 0 Å². The number of rotatable bonds is 13. The number of epoxide rings is 3. The number of carboxylic acid groups (broad SMARTS) is 1. The van der Waals surface area contributed by atoms with Crippen LogP contribution in [0, 0.1) is 0 Å². The van der Waals surface area contributed by atoms with Gasteiger partial charge in [0, 0.05) is 19.3 Å². The summed E-state index contributed by atoms with van der Waals surface area (Å²) in [4.78, 5) is 10.4. The topological polar surface area (TPSA) is 74.9 Å². The molecule has 0 radical (unpaired) electrons. The molecule has 23 heavy (non-hydrogen) atoms. The Bertz CT molecular complexity index is 399. The molecule has 0 bridgehead atoms. The second-order valence-corrected chi connectivity index (χ2v) is 7.22. The van der Waals surface area contributed by atoms with Gasteiger partial charge in [-0.25, -0.2) is 0 Å². The van der Waals surface area contributed by atoms with Crippen molar-refractivity contribution in [3.63, 3.8) is 0 Å². The molecule has 6 unspecified atom stereocenters. The fourth-order valence-corrected chi connectivity index (χ4v) is 3.59. The number of carboxylic acids is 1. The van der Waals surface area contributed by atoms with E-state index >= 15 is 0 Å². The maximum atomic E-state index is 10.4. The van der Waals surface area contributed by atoms with Gasteiger partial charge in [0.25, 0.3) is 0 Å². The lowest BCUT2D eigenvalue weighted by atomic mass is 10.0. The molecular formula is C18H30O5. The van der Waals surface area contributed by atoms with Crippen molar-refractivity contribution < 1.29 is 24.1 Å². The van der Waals surface area contributed by atoms with Crippen LogP contribution in [0.15, 0.2) is 0 Å². The van der Waals surface area contributed by atoms with E-state index < -0.39 is 5.97 Å². The molecule has 5 nitrogen and oxygen atoms in total. The van der Waals surface area contributed by atoms with Crippen molar-refractivity contribution in [3.05, 3.63) is 0 Å². The van der Waals surface area contributed by atoms with E-state index in [-0.39, 0.29) is 0 Å². The fraction of sp³-hybridized carbons (Fsp3) is 0.944. The first-order valence-electron chi connectivity index (χ1n) is 9.35. The Morgan fingerprint density at radius 1 is 0.783 bits per heavy atom. The zero-order chi connectivity index (χ0) is 16.2. The highest BCUT2D eigenvalue weighted by Gasteiger charge is 2.51. The maximum Gasteiger partial charge on any atom is 0.303 e. The van der Waals surface area contributed by atoms with Gasteiger partial charge in [-0.1, -0.05) is 32.6 Å². The number of unbranched alkanes of at least 4 members (excludes halogenated alkanes) is 4. The summed E-state index contributed by atoms with van der Waals surface area (Å²) in [7, 11) is 0. The molecule has 3 fully saturated rings. The molecule has 3 rings (SSSR count). The summed E-state index contributed by atoms with van der Waals surface area (Å²) in [6.07, 6.45) is 12.7. The minimum Gasteiger partial charge on any atom is -0.481 e. The smallest absolute Gasteiger partial charge is 0.303 e. The monoisotopic (exact) mass is 326 g/mol. The minimum absolute atomic E-state index is 0.307. The van der Waals surface area contributed by atoms with Crippen LogP contribution < -0.4 is 0 Å². The Morgan fingerprint density at radius 2 is 1.30 bits per heavy atom. The molecule has 3 heterocycles. The van der Waals surface area contributed by atoms with Crippen LogP contribution in [0.2, 0.25) is 0 Å². The molecule has 0 aromatic carbocycles. The summed E-state index contributed by atoms with van der Waals surface area (Å²) in [6.45, 7) is 2.17. The molecule has 1 N–H and O–H groups in total. The average molecular weight is 326 g/mol. The van der Waals surface area contributed by atoms with Gasteiger partial charge in [0.05, 0.1) is 36.6 Å². The quantitative estimate of drug-likeness (QED) is 0.415. The van der Waals surface area contributed by atoms with E-state index in [2.05, 4.69) is 6.92 Å². The largest absolute Gasteiger partial charge is 0.481 e. The van der Waals surface area contributed by atoms with Crippen molar-refractivity contribution in [2.75, 3.05) is 0 Å². The number of ether oxygens (including phenoxy) is 3. The Morgan fingerprint density at radius 3 is 1.96 bits per heavy atom. The summed E-state index contributed by atoms with van der Waals surface area (Å²) in [5, 5.41) is 8.57. The number of carbonyl (C=O) groups is 1.